The van der Waals surface area contributed by atoms with Gasteiger partial charge in [-0.15, -0.1) is 0 Å². The molecule has 1 amide bonds. The van der Waals surface area contributed by atoms with Gasteiger partial charge in [0.05, 0.1) is 6.54 Å². The van der Waals surface area contributed by atoms with Crippen molar-refractivity contribution in [3.05, 3.63) is 66.0 Å². The van der Waals surface area contributed by atoms with Crippen molar-refractivity contribution in [1.82, 2.24) is 10.2 Å². The minimum Gasteiger partial charge on any atom is -0.370 e. The van der Waals surface area contributed by atoms with Gasteiger partial charge in [-0.1, -0.05) is 30.3 Å². The normalized spacial score (nSPS) is 14.8. The van der Waals surface area contributed by atoms with Crippen LogP contribution in [0.5, 0.6) is 0 Å². The fraction of sp³-hybridized carbons (Fsp3) is 0.333. The Bertz CT molecular complexity index is 786. The summed E-state index contributed by atoms with van der Waals surface area (Å²) in [5.74, 6) is 0.197. The fourth-order valence-corrected chi connectivity index (χ4v) is 3.10. The first kappa shape index (κ1) is 19.7. The maximum absolute atomic E-state index is 13.0. The van der Waals surface area contributed by atoms with E-state index in [0.717, 1.165) is 37.4 Å². The van der Waals surface area contributed by atoms with Gasteiger partial charge in [-0.25, -0.2) is 4.39 Å². The van der Waals surface area contributed by atoms with Gasteiger partial charge in [0.15, 0.2) is 5.96 Å². The molecular weight excluding hydrogens is 357 g/mol. The number of hydrogen-bond donors (Lipinski definition) is 2. The molecule has 1 aliphatic heterocycles. The summed E-state index contributed by atoms with van der Waals surface area (Å²) < 4.78 is 13.0. The van der Waals surface area contributed by atoms with Crippen molar-refractivity contribution >= 4 is 17.6 Å². The molecule has 148 valence electrons. The lowest BCUT2D eigenvalue weighted by Crippen LogP contribution is -2.51. The number of nitrogens with two attached hydrogens (primary N) is 1. The molecule has 1 fully saturated rings. The first-order valence-electron chi connectivity index (χ1n) is 9.48. The molecule has 2 aromatic rings. The van der Waals surface area contributed by atoms with Gasteiger partial charge in [0.1, 0.15) is 5.82 Å². The van der Waals surface area contributed by atoms with Gasteiger partial charge in [0.2, 0.25) is 5.91 Å². The quantitative estimate of drug-likeness (QED) is 0.591. The van der Waals surface area contributed by atoms with Gasteiger partial charge in [-0.2, -0.15) is 0 Å². The predicted octanol–water partition coefficient (Wildman–Crippen LogP) is 1.97. The molecule has 1 saturated heterocycles. The number of rotatable bonds is 6. The standard InChI is InChI=1S/C21H26FN5O/c22-18-6-8-19(9-7-18)26-12-14-27(15-13-26)21(23)24-11-10-20(28)25-16-17-4-2-1-3-5-17/h1-9H,10-16H2,(H2,23,24)(H,25,28). The number of amides is 1. The second kappa shape index (κ2) is 9.73. The lowest BCUT2D eigenvalue weighted by Gasteiger charge is -2.36. The Labute approximate surface area is 164 Å². The first-order chi connectivity index (χ1) is 13.6. The molecule has 1 heterocycles. The summed E-state index contributed by atoms with van der Waals surface area (Å²) in [6.45, 7) is 3.95. The van der Waals surface area contributed by atoms with E-state index in [1.165, 1.54) is 12.1 Å². The van der Waals surface area contributed by atoms with Crippen LogP contribution in [0, 0.1) is 5.82 Å². The van der Waals surface area contributed by atoms with E-state index < -0.39 is 0 Å². The van der Waals surface area contributed by atoms with Gasteiger partial charge in [-0.3, -0.25) is 9.79 Å². The number of nitrogens with zero attached hydrogens (tertiary/aromatic N) is 3. The van der Waals surface area contributed by atoms with E-state index in [1.54, 1.807) is 12.1 Å². The first-order valence-corrected chi connectivity index (χ1v) is 9.48. The molecule has 0 aromatic heterocycles. The Morgan fingerprint density at radius 3 is 2.39 bits per heavy atom. The fourth-order valence-electron chi connectivity index (χ4n) is 3.10. The van der Waals surface area contributed by atoms with Crippen molar-refractivity contribution in [1.29, 1.82) is 0 Å². The van der Waals surface area contributed by atoms with Crippen LogP contribution < -0.4 is 16.0 Å². The third-order valence-corrected chi connectivity index (χ3v) is 4.74. The minimum atomic E-state index is -0.230. The zero-order chi connectivity index (χ0) is 19.8. The summed E-state index contributed by atoms with van der Waals surface area (Å²) in [5.41, 5.74) is 8.15. The van der Waals surface area contributed by atoms with Gasteiger partial charge in [0.25, 0.3) is 0 Å². The van der Waals surface area contributed by atoms with Crippen LogP contribution in [0.3, 0.4) is 0 Å². The predicted molar refractivity (Wildman–Crippen MR) is 110 cm³/mol. The van der Waals surface area contributed by atoms with Crippen LogP contribution in [0.25, 0.3) is 0 Å². The van der Waals surface area contributed by atoms with Crippen molar-refractivity contribution < 1.29 is 9.18 Å². The number of piperazine rings is 1. The highest BCUT2D eigenvalue weighted by Crippen LogP contribution is 2.16. The summed E-state index contributed by atoms with van der Waals surface area (Å²) in [6, 6.07) is 16.3. The Morgan fingerprint density at radius 1 is 1.04 bits per heavy atom. The molecule has 3 N–H and O–H groups in total. The lowest BCUT2D eigenvalue weighted by molar-refractivity contribution is -0.121. The number of aliphatic imine (C=N–C) groups is 1. The molecular formula is C21H26FN5O. The third-order valence-electron chi connectivity index (χ3n) is 4.74. The summed E-state index contributed by atoms with van der Waals surface area (Å²) in [6.07, 6.45) is 0.309. The van der Waals surface area contributed by atoms with E-state index in [9.17, 15) is 9.18 Å². The third kappa shape index (κ3) is 5.70. The van der Waals surface area contributed by atoms with Crippen LogP contribution in [0.15, 0.2) is 59.6 Å². The van der Waals surface area contributed by atoms with E-state index in [2.05, 4.69) is 15.2 Å². The highest BCUT2D eigenvalue weighted by Gasteiger charge is 2.18. The van der Waals surface area contributed by atoms with E-state index in [1.807, 2.05) is 35.2 Å². The van der Waals surface area contributed by atoms with Crippen molar-refractivity contribution in [3.8, 4) is 0 Å². The zero-order valence-electron chi connectivity index (χ0n) is 15.9. The van der Waals surface area contributed by atoms with E-state index >= 15 is 0 Å². The Balaban J connectivity index is 1.38. The van der Waals surface area contributed by atoms with Crippen molar-refractivity contribution in [2.45, 2.75) is 13.0 Å². The topological polar surface area (TPSA) is 74.0 Å². The van der Waals surface area contributed by atoms with E-state index in [-0.39, 0.29) is 11.7 Å². The van der Waals surface area contributed by atoms with Crippen LogP contribution in [-0.4, -0.2) is 49.5 Å². The van der Waals surface area contributed by atoms with Crippen LogP contribution >= 0.6 is 0 Å². The van der Waals surface area contributed by atoms with E-state index in [4.69, 9.17) is 5.73 Å². The number of halogens is 1. The molecule has 0 atom stereocenters. The summed E-state index contributed by atoms with van der Waals surface area (Å²) >= 11 is 0. The number of benzene rings is 2. The number of carbonyl (C=O) groups excluding carboxylic acids is 1. The summed E-state index contributed by atoms with van der Waals surface area (Å²) in [7, 11) is 0. The molecule has 0 saturated carbocycles. The maximum atomic E-state index is 13.0. The monoisotopic (exact) mass is 383 g/mol. The maximum Gasteiger partial charge on any atom is 0.222 e. The number of nitrogens with one attached hydrogen (secondary N) is 1. The zero-order valence-corrected chi connectivity index (χ0v) is 15.9. The van der Waals surface area contributed by atoms with E-state index in [0.29, 0.717) is 25.5 Å². The van der Waals surface area contributed by atoms with Gasteiger partial charge >= 0.3 is 0 Å². The molecule has 1 aliphatic rings. The highest BCUT2D eigenvalue weighted by atomic mass is 19.1. The largest absolute Gasteiger partial charge is 0.370 e. The Hall–Kier alpha value is -3.09. The molecule has 28 heavy (non-hydrogen) atoms. The molecule has 0 radical (unpaired) electrons. The summed E-state index contributed by atoms with van der Waals surface area (Å²) in [5, 5.41) is 2.88. The minimum absolute atomic E-state index is 0.0402. The Kier molecular flexibility index (Phi) is 6.84. The molecule has 7 heteroatoms. The molecule has 3 rings (SSSR count). The molecule has 0 aliphatic carbocycles. The van der Waals surface area contributed by atoms with Crippen molar-refractivity contribution in [2.75, 3.05) is 37.6 Å². The molecule has 0 spiro atoms. The van der Waals surface area contributed by atoms with Gasteiger partial charge in [-0.05, 0) is 29.8 Å². The number of guanidine groups is 1. The molecule has 0 unspecified atom stereocenters. The number of anilines is 1. The van der Waals surface area contributed by atoms with Crippen molar-refractivity contribution in [2.24, 2.45) is 10.7 Å². The average molecular weight is 383 g/mol. The van der Waals surface area contributed by atoms with Crippen LogP contribution in [0.2, 0.25) is 0 Å². The average Bonchev–Trinajstić information content (AvgIpc) is 2.73. The Morgan fingerprint density at radius 2 is 1.71 bits per heavy atom. The second-order valence-corrected chi connectivity index (χ2v) is 6.70. The van der Waals surface area contributed by atoms with Crippen LogP contribution in [0.1, 0.15) is 12.0 Å². The van der Waals surface area contributed by atoms with Gasteiger partial charge in [0, 0.05) is 44.8 Å². The lowest BCUT2D eigenvalue weighted by atomic mass is 10.2. The number of hydrogen-bond acceptors (Lipinski definition) is 3. The van der Waals surface area contributed by atoms with Crippen LogP contribution in [-0.2, 0) is 11.3 Å². The second-order valence-electron chi connectivity index (χ2n) is 6.70. The van der Waals surface area contributed by atoms with Crippen molar-refractivity contribution in [3.63, 3.8) is 0 Å². The SMILES string of the molecule is NC(=NCCC(=O)NCc1ccccc1)N1CCN(c2ccc(F)cc2)CC1. The smallest absolute Gasteiger partial charge is 0.222 e. The summed E-state index contributed by atoms with van der Waals surface area (Å²) in [4.78, 5) is 20.5. The number of carbonyl (C=O) groups is 1. The molecule has 2 aromatic carbocycles. The highest BCUT2D eigenvalue weighted by molar-refractivity contribution is 5.79. The molecule has 0 bridgehead atoms. The van der Waals surface area contributed by atoms with Crippen LogP contribution in [0.4, 0.5) is 10.1 Å². The molecule has 6 nitrogen and oxygen atoms in total. The van der Waals surface area contributed by atoms with Gasteiger partial charge < -0.3 is 20.9 Å².